The second-order valence-electron chi connectivity index (χ2n) is 4.14. The van der Waals surface area contributed by atoms with Gasteiger partial charge >= 0.3 is 5.97 Å². The van der Waals surface area contributed by atoms with Crippen molar-refractivity contribution in [1.29, 1.82) is 0 Å². The van der Waals surface area contributed by atoms with E-state index in [9.17, 15) is 4.79 Å². The summed E-state index contributed by atoms with van der Waals surface area (Å²) in [6.45, 7) is 2.50. The zero-order valence-electron chi connectivity index (χ0n) is 11.5. The summed E-state index contributed by atoms with van der Waals surface area (Å²) in [7, 11) is 1.35. The lowest BCUT2D eigenvalue weighted by atomic mass is 9.87. The highest BCUT2D eigenvalue weighted by atomic mass is 35.5. The molecule has 0 heterocycles. The van der Waals surface area contributed by atoms with Crippen LogP contribution in [0.3, 0.4) is 0 Å². The van der Waals surface area contributed by atoms with Gasteiger partial charge in [0.2, 0.25) is 0 Å². The smallest absolute Gasteiger partial charge is 0.330 e. The van der Waals surface area contributed by atoms with Crippen LogP contribution in [0.5, 0.6) is 0 Å². The first-order chi connectivity index (χ1) is 9.60. The van der Waals surface area contributed by atoms with Crippen LogP contribution in [-0.2, 0) is 15.1 Å². The molecule has 108 valence electrons. The van der Waals surface area contributed by atoms with Crippen LogP contribution in [0.4, 0.5) is 0 Å². The Kier molecular flexibility index (Phi) is 6.31. The number of azide groups is 1. The molecule has 0 aromatic heterocycles. The summed E-state index contributed by atoms with van der Waals surface area (Å²) in [5, 5.41) is 7.16. The van der Waals surface area contributed by atoms with E-state index in [1.54, 1.807) is 24.3 Å². The van der Waals surface area contributed by atoms with Crippen molar-refractivity contribution >= 4 is 17.6 Å². The number of nitrogens with one attached hydrogen (secondary N) is 1. The molecule has 1 aromatic rings. The van der Waals surface area contributed by atoms with Crippen molar-refractivity contribution in [1.82, 2.24) is 5.32 Å². The molecule has 0 aliphatic carbocycles. The number of ether oxygens (including phenoxy) is 1. The van der Waals surface area contributed by atoms with Gasteiger partial charge in [-0.25, -0.2) is 4.79 Å². The van der Waals surface area contributed by atoms with E-state index < -0.39 is 5.54 Å². The van der Waals surface area contributed by atoms with Crippen molar-refractivity contribution in [3.05, 3.63) is 45.3 Å². The maximum Gasteiger partial charge on any atom is 0.330 e. The molecule has 0 saturated heterocycles. The molecule has 0 aliphatic rings. The highest BCUT2D eigenvalue weighted by Crippen LogP contribution is 2.27. The third-order valence-electron chi connectivity index (χ3n) is 3.10. The minimum Gasteiger partial charge on any atom is -0.467 e. The minimum absolute atomic E-state index is 0.253. The Morgan fingerprint density at radius 2 is 2.15 bits per heavy atom. The van der Waals surface area contributed by atoms with Crippen molar-refractivity contribution in [2.45, 2.75) is 18.9 Å². The number of nitrogens with zero attached hydrogens (tertiary/aromatic N) is 3. The van der Waals surface area contributed by atoms with Crippen LogP contribution in [0.25, 0.3) is 10.4 Å². The molecule has 0 radical (unpaired) electrons. The molecule has 0 fully saturated rings. The molecule has 0 amide bonds. The third kappa shape index (κ3) is 3.63. The minimum atomic E-state index is -0.968. The lowest BCUT2D eigenvalue weighted by Crippen LogP contribution is -2.50. The van der Waals surface area contributed by atoms with E-state index in [1.165, 1.54) is 7.11 Å². The summed E-state index contributed by atoms with van der Waals surface area (Å²) >= 11 is 5.87. The van der Waals surface area contributed by atoms with Crippen molar-refractivity contribution in [2.75, 3.05) is 20.2 Å². The molecular formula is C13H17ClN4O2. The maximum absolute atomic E-state index is 12.2. The molecule has 1 N–H and O–H groups in total. The van der Waals surface area contributed by atoms with Crippen molar-refractivity contribution < 1.29 is 9.53 Å². The SMILES string of the molecule is CCC(NCCN=[N+]=[N-])(C(=O)OC)c1ccc(Cl)cc1. The number of rotatable bonds is 7. The van der Waals surface area contributed by atoms with Gasteiger partial charge < -0.3 is 4.74 Å². The molecule has 0 bridgehead atoms. The second-order valence-corrected chi connectivity index (χ2v) is 4.58. The number of benzene rings is 1. The van der Waals surface area contributed by atoms with Gasteiger partial charge in [-0.1, -0.05) is 35.8 Å². The predicted molar refractivity (Wildman–Crippen MR) is 77.5 cm³/mol. The monoisotopic (exact) mass is 296 g/mol. The molecule has 1 unspecified atom stereocenters. The van der Waals surface area contributed by atoms with Crippen molar-refractivity contribution in [3.8, 4) is 0 Å². The molecule has 0 spiro atoms. The number of hydrogen-bond donors (Lipinski definition) is 1. The fourth-order valence-corrected chi connectivity index (χ4v) is 2.16. The van der Waals surface area contributed by atoms with Crippen LogP contribution < -0.4 is 5.32 Å². The molecule has 1 aromatic carbocycles. The van der Waals surface area contributed by atoms with E-state index in [-0.39, 0.29) is 12.5 Å². The van der Waals surface area contributed by atoms with Gasteiger partial charge in [0.15, 0.2) is 0 Å². The normalized spacial score (nSPS) is 13.2. The zero-order chi connectivity index (χ0) is 15.0. The Morgan fingerprint density at radius 3 is 2.65 bits per heavy atom. The Balaban J connectivity index is 3.07. The van der Waals surface area contributed by atoms with Gasteiger partial charge in [-0.3, -0.25) is 5.32 Å². The largest absolute Gasteiger partial charge is 0.467 e. The molecular weight excluding hydrogens is 280 g/mol. The summed E-state index contributed by atoms with van der Waals surface area (Å²) in [5.41, 5.74) is 8.07. The van der Waals surface area contributed by atoms with Crippen LogP contribution >= 0.6 is 11.6 Å². The standard InChI is InChI=1S/C13H17ClN4O2/c1-3-13(12(19)20-2,16-8-9-17-18-15)10-4-6-11(14)7-5-10/h4-7,16H,3,8-9H2,1-2H3. The molecule has 0 saturated carbocycles. The highest BCUT2D eigenvalue weighted by molar-refractivity contribution is 6.30. The van der Waals surface area contributed by atoms with E-state index in [2.05, 4.69) is 15.3 Å². The summed E-state index contributed by atoms with van der Waals surface area (Å²) in [6, 6.07) is 7.01. The summed E-state index contributed by atoms with van der Waals surface area (Å²) < 4.78 is 4.91. The fourth-order valence-electron chi connectivity index (χ4n) is 2.04. The van der Waals surface area contributed by atoms with E-state index in [4.69, 9.17) is 21.9 Å². The zero-order valence-corrected chi connectivity index (χ0v) is 12.2. The van der Waals surface area contributed by atoms with Gasteiger partial charge in [0.25, 0.3) is 0 Å². The lowest BCUT2D eigenvalue weighted by Gasteiger charge is -2.31. The summed E-state index contributed by atoms with van der Waals surface area (Å²) in [4.78, 5) is 14.9. The van der Waals surface area contributed by atoms with Gasteiger partial charge in [0.05, 0.1) is 7.11 Å². The Hall–Kier alpha value is -1.75. The quantitative estimate of drug-likeness (QED) is 0.276. The highest BCUT2D eigenvalue weighted by Gasteiger charge is 2.39. The second kappa shape index (κ2) is 7.75. The number of methoxy groups -OCH3 is 1. The first-order valence-electron chi connectivity index (χ1n) is 6.21. The Labute approximate surface area is 122 Å². The van der Waals surface area contributed by atoms with Crippen LogP contribution in [0.15, 0.2) is 29.4 Å². The van der Waals surface area contributed by atoms with Crippen LogP contribution in [0.2, 0.25) is 5.02 Å². The molecule has 6 nitrogen and oxygen atoms in total. The van der Waals surface area contributed by atoms with Gasteiger partial charge in [-0.15, -0.1) is 0 Å². The van der Waals surface area contributed by atoms with E-state index in [1.807, 2.05) is 6.92 Å². The van der Waals surface area contributed by atoms with Crippen LogP contribution in [0.1, 0.15) is 18.9 Å². The summed E-state index contributed by atoms with van der Waals surface area (Å²) in [5.74, 6) is -0.386. The van der Waals surface area contributed by atoms with Gasteiger partial charge in [-0.2, -0.15) is 0 Å². The number of carbonyl (C=O) groups is 1. The van der Waals surface area contributed by atoms with Gasteiger partial charge in [-0.05, 0) is 29.6 Å². The third-order valence-corrected chi connectivity index (χ3v) is 3.36. The first kappa shape index (κ1) is 16.3. The topological polar surface area (TPSA) is 87.1 Å². The summed E-state index contributed by atoms with van der Waals surface area (Å²) in [6.07, 6.45) is 0.498. The Bertz CT molecular complexity index is 500. The van der Waals surface area contributed by atoms with Crippen LogP contribution in [0, 0.1) is 0 Å². The molecule has 20 heavy (non-hydrogen) atoms. The molecule has 1 atom stereocenters. The fraction of sp³-hybridized carbons (Fsp3) is 0.462. The Morgan fingerprint density at radius 1 is 1.50 bits per heavy atom. The van der Waals surface area contributed by atoms with Crippen molar-refractivity contribution in [2.24, 2.45) is 5.11 Å². The van der Waals surface area contributed by atoms with E-state index in [0.717, 1.165) is 5.56 Å². The van der Waals surface area contributed by atoms with E-state index >= 15 is 0 Å². The van der Waals surface area contributed by atoms with Crippen molar-refractivity contribution in [3.63, 3.8) is 0 Å². The maximum atomic E-state index is 12.2. The van der Waals surface area contributed by atoms with E-state index in [0.29, 0.717) is 18.0 Å². The number of hydrogen-bond acceptors (Lipinski definition) is 4. The number of esters is 1. The lowest BCUT2D eigenvalue weighted by molar-refractivity contribution is -0.149. The number of halogens is 1. The predicted octanol–water partition coefficient (Wildman–Crippen LogP) is 3.02. The van der Waals surface area contributed by atoms with Gasteiger partial charge in [0, 0.05) is 23.0 Å². The number of carbonyl (C=O) groups excluding carboxylic acids is 1. The average molecular weight is 297 g/mol. The molecule has 1 rings (SSSR count). The van der Waals surface area contributed by atoms with Gasteiger partial charge in [0.1, 0.15) is 5.54 Å². The average Bonchev–Trinajstić information content (AvgIpc) is 2.48. The first-order valence-corrected chi connectivity index (χ1v) is 6.59. The molecule has 0 aliphatic heterocycles. The molecule has 7 heteroatoms. The van der Waals surface area contributed by atoms with Crippen LogP contribution in [-0.4, -0.2) is 26.2 Å².